The van der Waals surface area contributed by atoms with E-state index in [1.807, 2.05) is 0 Å². The number of piperidine rings is 1. The van der Waals surface area contributed by atoms with Crippen molar-refractivity contribution >= 4 is 0 Å². The van der Waals surface area contributed by atoms with Crippen LogP contribution in [-0.2, 0) is 0 Å². The molecule has 1 fully saturated rings. The van der Waals surface area contributed by atoms with Gasteiger partial charge in [-0.15, -0.1) is 0 Å². The van der Waals surface area contributed by atoms with Crippen LogP contribution in [0, 0.1) is 5.92 Å². The smallest absolute Gasteiger partial charge is 0.0700 e. The number of hydrogen-bond acceptors (Lipinski definition) is 2. The number of rotatable bonds is 3. The van der Waals surface area contributed by atoms with E-state index in [2.05, 4.69) is 32.2 Å². The molecule has 14 heavy (non-hydrogen) atoms. The van der Waals surface area contributed by atoms with Crippen molar-refractivity contribution in [1.82, 2.24) is 5.32 Å². The Labute approximate surface area is 87.4 Å². The number of aliphatic hydroxyl groups is 1. The third-order valence-electron chi connectivity index (χ3n) is 3.23. The highest BCUT2D eigenvalue weighted by atomic mass is 16.3. The average molecular weight is 197 g/mol. The zero-order chi connectivity index (χ0) is 10.6. The summed E-state index contributed by atoms with van der Waals surface area (Å²) in [4.78, 5) is 0. The molecular weight excluding hydrogens is 174 g/mol. The number of hydrogen-bond donors (Lipinski definition) is 2. The quantitative estimate of drug-likeness (QED) is 0.679. The second-order valence-corrected chi connectivity index (χ2v) is 4.78. The van der Waals surface area contributed by atoms with Gasteiger partial charge in [0.05, 0.1) is 5.60 Å². The molecule has 1 saturated heterocycles. The maximum absolute atomic E-state index is 10.4. The molecule has 2 atom stereocenters. The minimum Gasteiger partial charge on any atom is -0.390 e. The van der Waals surface area contributed by atoms with Gasteiger partial charge < -0.3 is 10.4 Å². The van der Waals surface area contributed by atoms with Gasteiger partial charge in [-0.2, -0.15) is 0 Å². The van der Waals surface area contributed by atoms with Crippen LogP contribution in [0.5, 0.6) is 0 Å². The average Bonchev–Trinajstić information content (AvgIpc) is 2.10. The summed E-state index contributed by atoms with van der Waals surface area (Å²) in [5.74, 6) is 0.377. The molecule has 0 aromatic rings. The van der Waals surface area contributed by atoms with Crippen LogP contribution in [0.1, 0.15) is 40.0 Å². The van der Waals surface area contributed by atoms with E-state index in [-0.39, 0.29) is 0 Å². The summed E-state index contributed by atoms with van der Waals surface area (Å²) in [6.45, 7) is 8.25. The Morgan fingerprint density at radius 1 is 1.57 bits per heavy atom. The fraction of sp³-hybridized carbons (Fsp3) is 0.833. The van der Waals surface area contributed by atoms with Crippen molar-refractivity contribution in [2.75, 3.05) is 13.1 Å². The van der Waals surface area contributed by atoms with E-state index < -0.39 is 5.60 Å². The van der Waals surface area contributed by atoms with E-state index in [1.165, 1.54) is 5.57 Å². The number of allylic oxidation sites excluding steroid dienone is 2. The van der Waals surface area contributed by atoms with Crippen molar-refractivity contribution < 1.29 is 5.11 Å². The zero-order valence-electron chi connectivity index (χ0n) is 9.64. The normalized spacial score (nSPS) is 32.7. The largest absolute Gasteiger partial charge is 0.390 e. The molecule has 82 valence electrons. The molecule has 1 aliphatic rings. The standard InChI is InChI=1S/C12H23NO/c1-10(2)5-4-6-12(14)7-8-13-9-11(12)3/h5,11,13-14H,4,6-9H2,1-3H3. The van der Waals surface area contributed by atoms with Gasteiger partial charge in [0.1, 0.15) is 0 Å². The van der Waals surface area contributed by atoms with Gasteiger partial charge in [-0.05, 0) is 45.6 Å². The molecule has 0 saturated carbocycles. The molecule has 2 heteroatoms. The summed E-state index contributed by atoms with van der Waals surface area (Å²) in [5.41, 5.74) is 0.909. The summed E-state index contributed by atoms with van der Waals surface area (Å²) < 4.78 is 0. The van der Waals surface area contributed by atoms with Crippen LogP contribution < -0.4 is 5.32 Å². The van der Waals surface area contributed by atoms with Gasteiger partial charge in [0.2, 0.25) is 0 Å². The Morgan fingerprint density at radius 2 is 2.29 bits per heavy atom. The first-order valence-corrected chi connectivity index (χ1v) is 5.61. The van der Waals surface area contributed by atoms with E-state index in [0.717, 1.165) is 32.4 Å². The summed E-state index contributed by atoms with van der Waals surface area (Å²) in [7, 11) is 0. The zero-order valence-corrected chi connectivity index (χ0v) is 9.64. The minimum absolute atomic E-state index is 0.377. The van der Waals surface area contributed by atoms with Crippen LogP contribution in [0.4, 0.5) is 0 Å². The highest BCUT2D eigenvalue weighted by Gasteiger charge is 2.34. The molecule has 0 bridgehead atoms. The predicted octanol–water partition coefficient (Wildman–Crippen LogP) is 2.09. The second kappa shape index (κ2) is 4.94. The Balaban J connectivity index is 2.43. The third kappa shape index (κ3) is 3.10. The van der Waals surface area contributed by atoms with Crippen LogP contribution in [0.25, 0.3) is 0 Å². The van der Waals surface area contributed by atoms with Gasteiger partial charge in [-0.3, -0.25) is 0 Å². The molecule has 2 nitrogen and oxygen atoms in total. The molecule has 0 radical (unpaired) electrons. The van der Waals surface area contributed by atoms with Gasteiger partial charge in [0, 0.05) is 6.54 Å². The monoisotopic (exact) mass is 197 g/mol. The lowest BCUT2D eigenvalue weighted by Gasteiger charge is -2.38. The van der Waals surface area contributed by atoms with Gasteiger partial charge >= 0.3 is 0 Å². The lowest BCUT2D eigenvalue weighted by molar-refractivity contribution is -0.0396. The van der Waals surface area contributed by atoms with Crippen molar-refractivity contribution in [3.8, 4) is 0 Å². The van der Waals surface area contributed by atoms with Crippen LogP contribution in [0.15, 0.2) is 11.6 Å². The molecule has 0 aromatic carbocycles. The lowest BCUT2D eigenvalue weighted by atomic mass is 9.79. The van der Waals surface area contributed by atoms with Crippen molar-refractivity contribution in [2.24, 2.45) is 5.92 Å². The molecule has 0 aromatic heterocycles. The highest BCUT2D eigenvalue weighted by molar-refractivity contribution is 4.97. The van der Waals surface area contributed by atoms with Crippen molar-refractivity contribution in [2.45, 2.75) is 45.6 Å². The van der Waals surface area contributed by atoms with E-state index in [4.69, 9.17) is 0 Å². The van der Waals surface area contributed by atoms with E-state index in [9.17, 15) is 5.11 Å². The highest BCUT2D eigenvalue weighted by Crippen LogP contribution is 2.29. The van der Waals surface area contributed by atoms with Crippen molar-refractivity contribution in [3.63, 3.8) is 0 Å². The molecule has 0 aliphatic carbocycles. The first-order chi connectivity index (χ1) is 6.54. The maximum atomic E-state index is 10.4. The molecule has 0 spiro atoms. The Bertz CT molecular complexity index is 208. The van der Waals surface area contributed by atoms with Crippen LogP contribution in [0.2, 0.25) is 0 Å². The predicted molar refractivity (Wildman–Crippen MR) is 60.3 cm³/mol. The van der Waals surface area contributed by atoms with Crippen LogP contribution in [0.3, 0.4) is 0 Å². The molecule has 1 heterocycles. The molecule has 2 unspecified atom stereocenters. The molecular formula is C12H23NO. The topological polar surface area (TPSA) is 32.3 Å². The van der Waals surface area contributed by atoms with Crippen molar-refractivity contribution in [3.05, 3.63) is 11.6 Å². The Hall–Kier alpha value is -0.340. The minimum atomic E-state index is -0.433. The summed E-state index contributed by atoms with van der Waals surface area (Å²) in [5, 5.41) is 13.7. The summed E-state index contributed by atoms with van der Waals surface area (Å²) >= 11 is 0. The van der Waals surface area contributed by atoms with Crippen LogP contribution >= 0.6 is 0 Å². The van der Waals surface area contributed by atoms with E-state index in [0.29, 0.717) is 5.92 Å². The fourth-order valence-corrected chi connectivity index (χ4v) is 2.04. The summed E-state index contributed by atoms with van der Waals surface area (Å²) in [6, 6.07) is 0. The van der Waals surface area contributed by atoms with Gasteiger partial charge in [0.15, 0.2) is 0 Å². The molecule has 1 rings (SSSR count). The SMILES string of the molecule is CC(C)=CCCC1(O)CCNCC1C. The van der Waals surface area contributed by atoms with Crippen molar-refractivity contribution in [1.29, 1.82) is 0 Å². The first kappa shape index (κ1) is 11.7. The molecule has 2 N–H and O–H groups in total. The Kier molecular flexibility index (Phi) is 4.14. The second-order valence-electron chi connectivity index (χ2n) is 4.78. The van der Waals surface area contributed by atoms with Gasteiger partial charge in [0.25, 0.3) is 0 Å². The Morgan fingerprint density at radius 3 is 2.86 bits per heavy atom. The first-order valence-electron chi connectivity index (χ1n) is 5.61. The number of nitrogens with one attached hydrogen (secondary N) is 1. The van der Waals surface area contributed by atoms with E-state index >= 15 is 0 Å². The van der Waals surface area contributed by atoms with Gasteiger partial charge in [-0.25, -0.2) is 0 Å². The third-order valence-corrected chi connectivity index (χ3v) is 3.23. The van der Waals surface area contributed by atoms with E-state index in [1.54, 1.807) is 0 Å². The van der Waals surface area contributed by atoms with Gasteiger partial charge in [-0.1, -0.05) is 18.6 Å². The summed E-state index contributed by atoms with van der Waals surface area (Å²) in [6.07, 6.45) is 5.02. The molecule has 1 aliphatic heterocycles. The molecule has 0 amide bonds. The fourth-order valence-electron chi connectivity index (χ4n) is 2.04. The maximum Gasteiger partial charge on any atom is 0.0700 e. The lowest BCUT2D eigenvalue weighted by Crippen LogP contribution is -2.48. The van der Waals surface area contributed by atoms with Crippen LogP contribution in [-0.4, -0.2) is 23.8 Å².